The van der Waals surface area contributed by atoms with Crippen molar-refractivity contribution >= 4 is 21.6 Å². The fourth-order valence-corrected chi connectivity index (χ4v) is 1.76. The van der Waals surface area contributed by atoms with E-state index < -0.39 is 6.29 Å². The molecular formula is C12H15BrFNO2. The molecule has 3 nitrogen and oxygen atoms in total. The first-order valence-electron chi connectivity index (χ1n) is 5.09. The Morgan fingerprint density at radius 2 is 2.06 bits per heavy atom. The normalized spacial score (nSPS) is 12.2. The van der Waals surface area contributed by atoms with E-state index in [2.05, 4.69) is 20.9 Å². The Kier molecular flexibility index (Phi) is 5.74. The number of hydrogen-bond donors (Lipinski definition) is 0. The summed E-state index contributed by atoms with van der Waals surface area (Å²) in [7, 11) is 3.09. The summed E-state index contributed by atoms with van der Waals surface area (Å²) in [6.45, 7) is 2.19. The zero-order valence-electron chi connectivity index (χ0n) is 10.0. The summed E-state index contributed by atoms with van der Waals surface area (Å²) in [5, 5.41) is 0. The summed E-state index contributed by atoms with van der Waals surface area (Å²) in [4.78, 5) is 4.31. The number of methoxy groups -OCH3 is 2. The first-order valence-corrected chi connectivity index (χ1v) is 5.88. The van der Waals surface area contributed by atoms with E-state index in [1.165, 1.54) is 12.1 Å². The van der Waals surface area contributed by atoms with E-state index in [-0.39, 0.29) is 5.82 Å². The minimum atomic E-state index is -0.456. The average molecular weight is 304 g/mol. The van der Waals surface area contributed by atoms with E-state index in [1.807, 2.05) is 6.92 Å². The van der Waals surface area contributed by atoms with Crippen molar-refractivity contribution in [1.82, 2.24) is 0 Å². The van der Waals surface area contributed by atoms with Crippen LogP contribution in [0.15, 0.2) is 27.7 Å². The van der Waals surface area contributed by atoms with Gasteiger partial charge in [0.25, 0.3) is 0 Å². The molecule has 0 aliphatic heterocycles. The van der Waals surface area contributed by atoms with E-state index in [0.717, 1.165) is 10.0 Å². The third-order valence-corrected chi connectivity index (χ3v) is 3.05. The molecular weight excluding hydrogens is 289 g/mol. The number of nitrogens with zero attached hydrogens (tertiary/aromatic N) is 1. The second-order valence-corrected chi connectivity index (χ2v) is 4.35. The van der Waals surface area contributed by atoms with Gasteiger partial charge in [-0.25, -0.2) is 4.39 Å². The summed E-state index contributed by atoms with van der Waals surface area (Å²) in [6.07, 6.45) is -0.456. The zero-order valence-corrected chi connectivity index (χ0v) is 11.6. The molecule has 0 fully saturated rings. The predicted octanol–water partition coefficient (Wildman–Crippen LogP) is 3.17. The maximum atomic E-state index is 13.0. The lowest BCUT2D eigenvalue weighted by atomic mass is 10.2. The van der Waals surface area contributed by atoms with Gasteiger partial charge in [-0.2, -0.15) is 0 Å². The lowest BCUT2D eigenvalue weighted by Gasteiger charge is -2.13. The molecule has 0 N–H and O–H groups in total. The Bertz CT molecular complexity index is 405. The minimum Gasteiger partial charge on any atom is -0.351 e. The van der Waals surface area contributed by atoms with Gasteiger partial charge in [0.1, 0.15) is 5.82 Å². The minimum absolute atomic E-state index is 0.272. The number of aliphatic imine (C=N–C) groups is 1. The fourth-order valence-electron chi connectivity index (χ4n) is 1.39. The molecule has 0 saturated carbocycles. The van der Waals surface area contributed by atoms with Crippen molar-refractivity contribution in [2.75, 3.05) is 14.2 Å². The monoisotopic (exact) mass is 303 g/mol. The van der Waals surface area contributed by atoms with Crippen molar-refractivity contribution in [3.63, 3.8) is 0 Å². The molecule has 1 aromatic rings. The number of hydrogen-bond acceptors (Lipinski definition) is 3. The third kappa shape index (κ3) is 4.18. The largest absolute Gasteiger partial charge is 0.351 e. The van der Waals surface area contributed by atoms with Gasteiger partial charge in [0.15, 0.2) is 6.29 Å². The predicted molar refractivity (Wildman–Crippen MR) is 68.7 cm³/mol. The summed E-state index contributed by atoms with van der Waals surface area (Å²) in [6, 6.07) is 4.52. The standard InChI is InChI=1S/C12H15BrFNO2/c1-8(12(16-2)17-3)15-7-9-6-10(14)4-5-11(9)13/h4-6,12H,7H2,1-3H3/b15-8+. The lowest BCUT2D eigenvalue weighted by Crippen LogP contribution is -2.22. The molecule has 94 valence electrons. The smallest absolute Gasteiger partial charge is 0.195 e. The SMILES string of the molecule is COC(OC)/C(C)=N/Cc1cc(F)ccc1Br. The highest BCUT2D eigenvalue weighted by Gasteiger charge is 2.09. The van der Waals surface area contributed by atoms with Crippen LogP contribution >= 0.6 is 15.9 Å². The topological polar surface area (TPSA) is 30.8 Å². The lowest BCUT2D eigenvalue weighted by molar-refractivity contribution is -0.0524. The van der Waals surface area contributed by atoms with Crippen LogP contribution in [0.3, 0.4) is 0 Å². The maximum Gasteiger partial charge on any atom is 0.195 e. The van der Waals surface area contributed by atoms with Crippen LogP contribution in [0.4, 0.5) is 4.39 Å². The molecule has 0 heterocycles. The van der Waals surface area contributed by atoms with Gasteiger partial charge in [0, 0.05) is 18.7 Å². The van der Waals surface area contributed by atoms with Crippen molar-refractivity contribution < 1.29 is 13.9 Å². The van der Waals surface area contributed by atoms with Crippen molar-refractivity contribution in [3.05, 3.63) is 34.1 Å². The number of rotatable bonds is 5. The van der Waals surface area contributed by atoms with E-state index in [4.69, 9.17) is 9.47 Å². The summed E-state index contributed by atoms with van der Waals surface area (Å²) in [5.41, 5.74) is 1.50. The molecule has 0 spiro atoms. The van der Waals surface area contributed by atoms with E-state index in [9.17, 15) is 4.39 Å². The van der Waals surface area contributed by atoms with Gasteiger partial charge in [0.2, 0.25) is 0 Å². The number of halogens is 2. The van der Waals surface area contributed by atoms with Crippen molar-refractivity contribution in [3.8, 4) is 0 Å². The van der Waals surface area contributed by atoms with Crippen LogP contribution in [-0.4, -0.2) is 26.2 Å². The van der Waals surface area contributed by atoms with Crippen LogP contribution in [0.5, 0.6) is 0 Å². The summed E-state index contributed by atoms with van der Waals surface area (Å²) in [5.74, 6) is -0.272. The molecule has 1 aromatic carbocycles. The van der Waals surface area contributed by atoms with Crippen molar-refractivity contribution in [1.29, 1.82) is 0 Å². The Morgan fingerprint density at radius 1 is 1.41 bits per heavy atom. The van der Waals surface area contributed by atoms with Crippen molar-refractivity contribution in [2.45, 2.75) is 19.8 Å². The molecule has 0 aromatic heterocycles. The molecule has 1 rings (SSSR count). The molecule has 5 heteroatoms. The molecule has 0 amide bonds. The first kappa shape index (κ1) is 14.3. The van der Waals surface area contributed by atoms with Gasteiger partial charge in [-0.1, -0.05) is 15.9 Å². The van der Waals surface area contributed by atoms with Crippen LogP contribution in [0.2, 0.25) is 0 Å². The van der Waals surface area contributed by atoms with Gasteiger partial charge in [-0.05, 0) is 30.7 Å². The van der Waals surface area contributed by atoms with Crippen molar-refractivity contribution in [2.24, 2.45) is 4.99 Å². The molecule has 0 aliphatic carbocycles. The number of benzene rings is 1. The highest BCUT2D eigenvalue weighted by molar-refractivity contribution is 9.10. The Balaban J connectivity index is 2.78. The van der Waals surface area contributed by atoms with Gasteiger partial charge in [-0.3, -0.25) is 4.99 Å². The van der Waals surface area contributed by atoms with Gasteiger partial charge >= 0.3 is 0 Å². The molecule has 0 aliphatic rings. The highest BCUT2D eigenvalue weighted by atomic mass is 79.9. The highest BCUT2D eigenvalue weighted by Crippen LogP contribution is 2.18. The van der Waals surface area contributed by atoms with Crippen LogP contribution in [0, 0.1) is 5.82 Å². The summed E-state index contributed by atoms with van der Waals surface area (Å²) < 4.78 is 24.0. The van der Waals surface area contributed by atoms with E-state index in [1.54, 1.807) is 20.3 Å². The van der Waals surface area contributed by atoms with Crippen LogP contribution < -0.4 is 0 Å². The molecule has 0 saturated heterocycles. The fraction of sp³-hybridized carbons (Fsp3) is 0.417. The second-order valence-electron chi connectivity index (χ2n) is 3.50. The molecule has 0 radical (unpaired) electrons. The number of ether oxygens (including phenoxy) is 2. The third-order valence-electron chi connectivity index (χ3n) is 2.28. The second kappa shape index (κ2) is 6.83. The van der Waals surface area contributed by atoms with E-state index in [0.29, 0.717) is 12.3 Å². The summed E-state index contributed by atoms with van der Waals surface area (Å²) >= 11 is 3.35. The quantitative estimate of drug-likeness (QED) is 0.618. The molecule has 0 unspecified atom stereocenters. The van der Waals surface area contributed by atoms with Gasteiger partial charge < -0.3 is 9.47 Å². The molecule has 0 bridgehead atoms. The molecule has 0 atom stereocenters. The van der Waals surface area contributed by atoms with Gasteiger partial charge in [-0.15, -0.1) is 0 Å². The van der Waals surface area contributed by atoms with Gasteiger partial charge in [0.05, 0.1) is 12.3 Å². The Labute approximate surface area is 109 Å². The van der Waals surface area contributed by atoms with Crippen LogP contribution in [0.1, 0.15) is 12.5 Å². The Hall–Kier alpha value is -0.780. The average Bonchev–Trinajstić information content (AvgIpc) is 2.32. The first-order chi connectivity index (χ1) is 8.08. The Morgan fingerprint density at radius 3 is 2.65 bits per heavy atom. The van der Waals surface area contributed by atoms with Crippen LogP contribution in [-0.2, 0) is 16.0 Å². The van der Waals surface area contributed by atoms with E-state index >= 15 is 0 Å². The zero-order chi connectivity index (χ0) is 12.8. The maximum absolute atomic E-state index is 13.0. The molecule has 17 heavy (non-hydrogen) atoms. The van der Waals surface area contributed by atoms with Crippen LogP contribution in [0.25, 0.3) is 0 Å².